The van der Waals surface area contributed by atoms with E-state index in [2.05, 4.69) is 10.3 Å². The van der Waals surface area contributed by atoms with Gasteiger partial charge < -0.3 is 15.0 Å². The number of aromatic nitrogens is 2. The molecule has 2 heterocycles. The van der Waals surface area contributed by atoms with Crippen LogP contribution >= 0.6 is 0 Å². The van der Waals surface area contributed by atoms with Gasteiger partial charge in [-0.1, -0.05) is 18.2 Å². The van der Waals surface area contributed by atoms with Crippen molar-refractivity contribution in [3.8, 4) is 5.88 Å². The van der Waals surface area contributed by atoms with Crippen LogP contribution < -0.4 is 15.0 Å². The Morgan fingerprint density at radius 3 is 2.62 bits per heavy atom. The number of piperidine rings is 1. The van der Waals surface area contributed by atoms with Crippen molar-refractivity contribution < 1.29 is 22.7 Å². The Balaban J connectivity index is 1.53. The van der Waals surface area contributed by atoms with Gasteiger partial charge in [0.05, 0.1) is 29.1 Å². The second kappa shape index (κ2) is 9.02. The van der Waals surface area contributed by atoms with Crippen molar-refractivity contribution in [1.29, 1.82) is 0 Å². The number of alkyl halides is 3. The summed E-state index contributed by atoms with van der Waals surface area (Å²) in [6, 6.07) is 12.1. The van der Waals surface area contributed by atoms with Crippen molar-refractivity contribution >= 4 is 28.4 Å². The summed E-state index contributed by atoms with van der Waals surface area (Å²) in [6.07, 6.45) is -3.10. The molecule has 0 radical (unpaired) electrons. The van der Waals surface area contributed by atoms with Gasteiger partial charge in [-0.15, -0.1) is 0 Å². The Kier molecular flexibility index (Phi) is 6.16. The molecule has 1 atom stereocenters. The highest BCUT2D eigenvalue weighted by Gasteiger charge is 2.32. The van der Waals surface area contributed by atoms with E-state index in [4.69, 9.17) is 9.72 Å². The third-order valence-electron chi connectivity index (χ3n) is 5.35. The van der Waals surface area contributed by atoms with Crippen LogP contribution in [0.15, 0.2) is 48.5 Å². The maximum absolute atomic E-state index is 13.0. The highest BCUT2D eigenvalue weighted by molar-refractivity contribution is 5.93. The van der Waals surface area contributed by atoms with Gasteiger partial charge in [-0.2, -0.15) is 13.2 Å². The molecule has 4 rings (SSSR count). The van der Waals surface area contributed by atoms with Crippen molar-refractivity contribution in [3.05, 3.63) is 54.1 Å². The third kappa shape index (κ3) is 4.76. The van der Waals surface area contributed by atoms with E-state index in [0.29, 0.717) is 37.8 Å². The number of rotatable bonds is 5. The fourth-order valence-corrected chi connectivity index (χ4v) is 3.82. The van der Waals surface area contributed by atoms with Crippen LogP contribution in [-0.2, 0) is 11.0 Å². The van der Waals surface area contributed by atoms with Crippen molar-refractivity contribution in [1.82, 2.24) is 9.97 Å². The minimum Gasteiger partial charge on any atom is -0.475 e. The maximum atomic E-state index is 13.0. The van der Waals surface area contributed by atoms with E-state index >= 15 is 0 Å². The summed E-state index contributed by atoms with van der Waals surface area (Å²) >= 11 is 0. The van der Waals surface area contributed by atoms with Gasteiger partial charge in [-0.25, -0.2) is 9.97 Å². The van der Waals surface area contributed by atoms with Crippen LogP contribution in [0.1, 0.15) is 25.3 Å². The zero-order valence-corrected chi connectivity index (χ0v) is 17.5. The molecule has 1 aliphatic rings. The zero-order chi connectivity index (χ0) is 22.7. The van der Waals surface area contributed by atoms with Gasteiger partial charge in [-0.05, 0) is 50.1 Å². The van der Waals surface area contributed by atoms with Crippen LogP contribution in [0, 0.1) is 5.92 Å². The van der Waals surface area contributed by atoms with Crippen molar-refractivity contribution in [2.24, 2.45) is 5.92 Å². The summed E-state index contributed by atoms with van der Waals surface area (Å²) in [4.78, 5) is 24.1. The normalized spacial score (nSPS) is 16.8. The summed E-state index contributed by atoms with van der Waals surface area (Å²) in [6.45, 7) is 3.34. The Bertz CT molecular complexity index is 1120. The number of para-hydroxylation sites is 2. The number of carbonyl (C=O) groups excluding carboxylic acids is 1. The van der Waals surface area contributed by atoms with E-state index in [9.17, 15) is 18.0 Å². The first-order valence-electron chi connectivity index (χ1n) is 10.5. The van der Waals surface area contributed by atoms with Crippen LogP contribution in [0.25, 0.3) is 11.0 Å². The van der Waals surface area contributed by atoms with E-state index in [1.807, 2.05) is 36.1 Å². The first kappa shape index (κ1) is 21.9. The summed E-state index contributed by atoms with van der Waals surface area (Å²) < 4.78 is 44.6. The fraction of sp³-hybridized carbons (Fsp3) is 0.348. The molecule has 0 saturated carbocycles. The third-order valence-corrected chi connectivity index (χ3v) is 5.35. The van der Waals surface area contributed by atoms with Crippen LogP contribution in [-0.4, -0.2) is 35.6 Å². The monoisotopic (exact) mass is 444 g/mol. The molecule has 9 heteroatoms. The molecule has 0 bridgehead atoms. The second-order valence-corrected chi connectivity index (χ2v) is 7.63. The number of benzene rings is 2. The van der Waals surface area contributed by atoms with Crippen molar-refractivity contribution in [3.63, 3.8) is 0 Å². The number of nitrogens with one attached hydrogen (secondary N) is 1. The molecule has 1 aromatic heterocycles. The SMILES string of the molecule is CCOc1nc2ccccc2nc1N1CCCC(C(=O)Nc2cccc(C(F)(F)F)c2)C1. The number of nitrogens with zero attached hydrogens (tertiary/aromatic N) is 3. The molecule has 2 aromatic carbocycles. The minimum atomic E-state index is -4.47. The van der Waals surface area contributed by atoms with Gasteiger partial charge in [0.2, 0.25) is 5.91 Å². The molecule has 0 spiro atoms. The molecular weight excluding hydrogens is 421 g/mol. The quantitative estimate of drug-likeness (QED) is 0.606. The first-order chi connectivity index (χ1) is 15.3. The predicted octanol–water partition coefficient (Wildman–Crippen LogP) is 4.90. The Morgan fingerprint density at radius 2 is 1.91 bits per heavy atom. The Hall–Kier alpha value is -3.36. The molecule has 1 unspecified atom stereocenters. The van der Waals surface area contributed by atoms with Crippen LogP contribution in [0.5, 0.6) is 5.88 Å². The van der Waals surface area contributed by atoms with Crippen molar-refractivity contribution in [2.75, 3.05) is 29.9 Å². The Labute approximate surface area is 183 Å². The molecule has 1 saturated heterocycles. The first-order valence-corrected chi connectivity index (χ1v) is 10.5. The number of anilines is 2. The number of ether oxygens (including phenoxy) is 1. The van der Waals surface area contributed by atoms with Crippen LogP contribution in [0.4, 0.5) is 24.7 Å². The maximum Gasteiger partial charge on any atom is 0.416 e. The van der Waals surface area contributed by atoms with Gasteiger partial charge in [0, 0.05) is 18.8 Å². The largest absolute Gasteiger partial charge is 0.475 e. The van der Waals surface area contributed by atoms with Gasteiger partial charge in [-0.3, -0.25) is 4.79 Å². The summed E-state index contributed by atoms with van der Waals surface area (Å²) in [5.41, 5.74) is 0.771. The van der Waals surface area contributed by atoms with Crippen molar-refractivity contribution in [2.45, 2.75) is 25.9 Å². The average molecular weight is 444 g/mol. The summed E-state index contributed by atoms with van der Waals surface area (Å²) in [5, 5.41) is 2.63. The lowest BCUT2D eigenvalue weighted by Gasteiger charge is -2.33. The fourth-order valence-electron chi connectivity index (χ4n) is 3.82. The zero-order valence-electron chi connectivity index (χ0n) is 17.5. The standard InChI is InChI=1S/C23H23F3N4O2/c1-2-32-22-20(28-18-10-3-4-11-19(18)29-22)30-12-6-7-15(14-30)21(31)27-17-9-5-8-16(13-17)23(24,25)26/h3-5,8-11,13,15H,2,6-7,12,14H2,1H3,(H,27,31). The van der Waals surface area contributed by atoms with Gasteiger partial charge in [0.15, 0.2) is 5.82 Å². The molecule has 1 aliphatic heterocycles. The number of carbonyl (C=O) groups is 1. The number of fused-ring (bicyclic) bond motifs is 1. The second-order valence-electron chi connectivity index (χ2n) is 7.63. The molecule has 168 valence electrons. The summed E-state index contributed by atoms with van der Waals surface area (Å²) in [7, 11) is 0. The summed E-state index contributed by atoms with van der Waals surface area (Å²) in [5.74, 6) is 0.258. The van der Waals surface area contributed by atoms with Gasteiger partial charge in [0.25, 0.3) is 5.88 Å². The molecule has 1 amide bonds. The highest BCUT2D eigenvalue weighted by Crippen LogP contribution is 2.32. The molecule has 32 heavy (non-hydrogen) atoms. The average Bonchev–Trinajstić information content (AvgIpc) is 2.78. The molecule has 0 aliphatic carbocycles. The molecular formula is C23H23F3N4O2. The molecule has 3 aromatic rings. The van der Waals surface area contributed by atoms with E-state index < -0.39 is 17.7 Å². The van der Waals surface area contributed by atoms with Gasteiger partial charge in [0.1, 0.15) is 0 Å². The highest BCUT2D eigenvalue weighted by atomic mass is 19.4. The van der Waals surface area contributed by atoms with Crippen LogP contribution in [0.3, 0.4) is 0 Å². The lowest BCUT2D eigenvalue weighted by molar-refractivity contribution is -0.137. The van der Waals surface area contributed by atoms with E-state index in [-0.39, 0.29) is 11.6 Å². The molecule has 1 N–H and O–H groups in total. The number of hydrogen-bond acceptors (Lipinski definition) is 5. The van der Waals surface area contributed by atoms with E-state index in [0.717, 1.165) is 29.6 Å². The lowest BCUT2D eigenvalue weighted by Crippen LogP contribution is -2.41. The number of amides is 1. The van der Waals surface area contributed by atoms with Gasteiger partial charge >= 0.3 is 6.18 Å². The lowest BCUT2D eigenvalue weighted by atomic mass is 9.97. The molecule has 1 fully saturated rings. The topological polar surface area (TPSA) is 67.4 Å². The predicted molar refractivity (Wildman–Crippen MR) is 116 cm³/mol. The van der Waals surface area contributed by atoms with E-state index in [1.165, 1.54) is 12.1 Å². The molecule has 6 nitrogen and oxygen atoms in total. The smallest absolute Gasteiger partial charge is 0.416 e. The van der Waals surface area contributed by atoms with Crippen LogP contribution in [0.2, 0.25) is 0 Å². The number of hydrogen-bond donors (Lipinski definition) is 1. The minimum absolute atomic E-state index is 0.127. The van der Waals surface area contributed by atoms with E-state index in [1.54, 1.807) is 0 Å². The number of halogens is 3. The Morgan fingerprint density at radius 1 is 1.16 bits per heavy atom.